The van der Waals surface area contributed by atoms with Crippen molar-refractivity contribution in [2.75, 3.05) is 18.5 Å². The van der Waals surface area contributed by atoms with Crippen molar-refractivity contribution in [3.05, 3.63) is 29.8 Å². The lowest BCUT2D eigenvalue weighted by Gasteiger charge is -2.19. The van der Waals surface area contributed by atoms with Gasteiger partial charge in [-0.05, 0) is 51.0 Å². The van der Waals surface area contributed by atoms with Crippen LogP contribution in [0.1, 0.15) is 49.9 Å². The van der Waals surface area contributed by atoms with E-state index in [1.807, 2.05) is 13.8 Å². The molecule has 1 saturated carbocycles. The first kappa shape index (κ1) is 20.6. The number of rotatable bonds is 6. The molecule has 1 aliphatic carbocycles. The zero-order valence-electron chi connectivity index (χ0n) is 16.6. The molecule has 156 valence electrons. The summed E-state index contributed by atoms with van der Waals surface area (Å²) in [5.74, 6) is -0.794. The molecule has 29 heavy (non-hydrogen) atoms. The van der Waals surface area contributed by atoms with Crippen LogP contribution >= 0.6 is 0 Å². The van der Waals surface area contributed by atoms with Gasteiger partial charge in [-0.15, -0.1) is 0 Å². The Bertz CT molecular complexity index is 800. The van der Waals surface area contributed by atoms with Gasteiger partial charge < -0.3 is 20.7 Å². The lowest BCUT2D eigenvalue weighted by molar-refractivity contribution is -0.131. The van der Waals surface area contributed by atoms with Gasteiger partial charge in [-0.3, -0.25) is 9.69 Å². The summed E-state index contributed by atoms with van der Waals surface area (Å²) < 4.78 is 5.20. The van der Waals surface area contributed by atoms with Crippen LogP contribution in [0.2, 0.25) is 0 Å². The molecule has 3 rings (SSSR count). The van der Waals surface area contributed by atoms with Crippen molar-refractivity contribution in [2.24, 2.45) is 0 Å². The fourth-order valence-electron chi connectivity index (χ4n) is 3.63. The molecular weight excluding hydrogens is 376 g/mol. The highest BCUT2D eigenvalue weighted by molar-refractivity contribution is 6.07. The highest BCUT2D eigenvalue weighted by Crippen LogP contribution is 2.34. The van der Waals surface area contributed by atoms with E-state index in [2.05, 4.69) is 16.0 Å². The van der Waals surface area contributed by atoms with Crippen LogP contribution in [0.15, 0.2) is 24.3 Å². The van der Waals surface area contributed by atoms with E-state index in [0.717, 1.165) is 17.7 Å². The number of benzene rings is 1. The molecule has 1 aliphatic heterocycles. The van der Waals surface area contributed by atoms with Crippen molar-refractivity contribution in [1.82, 2.24) is 15.5 Å². The van der Waals surface area contributed by atoms with Gasteiger partial charge in [0, 0.05) is 11.7 Å². The fraction of sp³-hybridized carbons (Fsp3) is 0.500. The van der Waals surface area contributed by atoms with E-state index in [-0.39, 0.29) is 31.1 Å². The Kier molecular flexibility index (Phi) is 6.05. The van der Waals surface area contributed by atoms with Crippen molar-refractivity contribution >= 4 is 29.6 Å². The Morgan fingerprint density at radius 3 is 2.45 bits per heavy atom. The molecule has 1 heterocycles. The monoisotopic (exact) mass is 402 g/mol. The van der Waals surface area contributed by atoms with Crippen LogP contribution in [0.5, 0.6) is 0 Å². The van der Waals surface area contributed by atoms with Gasteiger partial charge in [0.05, 0.1) is 12.1 Å². The Morgan fingerprint density at radius 2 is 1.83 bits per heavy atom. The fourth-order valence-corrected chi connectivity index (χ4v) is 3.63. The summed E-state index contributed by atoms with van der Waals surface area (Å²) in [4.78, 5) is 49.6. The number of nitrogens with one attached hydrogen (secondary N) is 3. The molecule has 2 fully saturated rings. The van der Waals surface area contributed by atoms with Crippen molar-refractivity contribution in [1.29, 1.82) is 0 Å². The van der Waals surface area contributed by atoms with E-state index in [4.69, 9.17) is 4.74 Å². The van der Waals surface area contributed by atoms with Crippen LogP contribution in [0.4, 0.5) is 15.3 Å². The summed E-state index contributed by atoms with van der Waals surface area (Å²) in [6, 6.07) is 5.52. The zero-order valence-corrected chi connectivity index (χ0v) is 16.6. The van der Waals surface area contributed by atoms with Crippen LogP contribution < -0.4 is 16.0 Å². The van der Waals surface area contributed by atoms with Crippen LogP contribution in [0.3, 0.4) is 0 Å². The maximum atomic E-state index is 12.5. The molecule has 1 aromatic carbocycles. The number of imide groups is 1. The molecule has 0 unspecified atom stereocenters. The quantitative estimate of drug-likeness (QED) is 0.498. The Balaban J connectivity index is 1.48. The molecule has 0 atom stereocenters. The summed E-state index contributed by atoms with van der Waals surface area (Å²) in [6.45, 7) is 3.65. The number of hydrogen-bond donors (Lipinski definition) is 3. The zero-order chi connectivity index (χ0) is 21.0. The highest BCUT2D eigenvalue weighted by atomic mass is 16.5. The topological polar surface area (TPSA) is 117 Å². The van der Waals surface area contributed by atoms with E-state index in [1.165, 1.54) is 12.1 Å². The average molecular weight is 402 g/mol. The minimum Gasteiger partial charge on any atom is -0.460 e. The smallest absolute Gasteiger partial charge is 0.338 e. The third-order valence-electron chi connectivity index (χ3n) is 5.05. The minimum atomic E-state index is -0.758. The number of urea groups is 2. The molecule has 1 aromatic rings. The Labute approximate surface area is 169 Å². The number of carbonyl (C=O) groups excluding carboxylic acids is 4. The van der Waals surface area contributed by atoms with Crippen LogP contribution in [-0.2, 0) is 9.53 Å². The van der Waals surface area contributed by atoms with Gasteiger partial charge in [-0.25, -0.2) is 14.4 Å². The number of ether oxygens (including phenoxy) is 1. The number of hydrogen-bond acceptors (Lipinski definition) is 5. The first-order chi connectivity index (χ1) is 13.8. The summed E-state index contributed by atoms with van der Waals surface area (Å²) in [5, 5.41) is 8.15. The maximum Gasteiger partial charge on any atom is 0.338 e. The normalized spacial score (nSPS) is 17.6. The second-order valence-corrected chi connectivity index (χ2v) is 7.64. The first-order valence-corrected chi connectivity index (χ1v) is 9.79. The van der Waals surface area contributed by atoms with Gasteiger partial charge in [-0.2, -0.15) is 0 Å². The summed E-state index contributed by atoms with van der Waals surface area (Å²) in [5.41, 5.74) is 0.0939. The second-order valence-electron chi connectivity index (χ2n) is 7.64. The minimum absolute atomic E-state index is 0.0115. The molecule has 0 aromatic heterocycles. The lowest BCUT2D eigenvalue weighted by Crippen LogP contribution is -2.44. The third-order valence-corrected chi connectivity index (χ3v) is 5.05. The molecular formula is C20H26N4O5. The molecule has 5 amide bonds. The standard InChI is InChI=1S/C20H26N4O5/c1-13(2)21-18(27)22-15-7-5-14(6-8-15)16(25)29-12-11-24-17(26)20(23-19(24)28)9-3-4-10-20/h5-8,13H,3-4,9-12H2,1-2H3,(H,23,28)(H2,21,22,27). The number of esters is 1. The molecule has 3 N–H and O–H groups in total. The van der Waals surface area contributed by atoms with E-state index in [9.17, 15) is 19.2 Å². The van der Waals surface area contributed by atoms with Gasteiger partial charge >= 0.3 is 18.0 Å². The predicted molar refractivity (Wildman–Crippen MR) is 105 cm³/mol. The van der Waals surface area contributed by atoms with E-state index >= 15 is 0 Å². The van der Waals surface area contributed by atoms with Gasteiger partial charge in [0.2, 0.25) is 0 Å². The maximum absolute atomic E-state index is 12.5. The van der Waals surface area contributed by atoms with Crippen molar-refractivity contribution < 1.29 is 23.9 Å². The summed E-state index contributed by atoms with van der Waals surface area (Å²) >= 11 is 0. The number of amides is 5. The van der Waals surface area contributed by atoms with Crippen LogP contribution in [0, 0.1) is 0 Å². The van der Waals surface area contributed by atoms with Gasteiger partial charge in [0.25, 0.3) is 5.91 Å². The third kappa shape index (κ3) is 4.67. The SMILES string of the molecule is CC(C)NC(=O)Nc1ccc(C(=O)OCCN2C(=O)NC3(CCCC3)C2=O)cc1. The Morgan fingerprint density at radius 1 is 1.17 bits per heavy atom. The van der Waals surface area contributed by atoms with Gasteiger partial charge in [0.1, 0.15) is 12.1 Å². The Hall–Kier alpha value is -3.10. The molecule has 1 spiro atoms. The molecule has 2 aliphatic rings. The molecule has 0 bridgehead atoms. The first-order valence-electron chi connectivity index (χ1n) is 9.79. The molecule has 0 radical (unpaired) electrons. The van der Waals surface area contributed by atoms with Crippen LogP contribution in [0.25, 0.3) is 0 Å². The lowest BCUT2D eigenvalue weighted by atomic mass is 9.98. The van der Waals surface area contributed by atoms with Gasteiger partial charge in [-0.1, -0.05) is 12.8 Å². The van der Waals surface area contributed by atoms with Gasteiger partial charge in [0.15, 0.2) is 0 Å². The predicted octanol–water partition coefficient (Wildman–Crippen LogP) is 2.24. The van der Waals surface area contributed by atoms with E-state index in [1.54, 1.807) is 12.1 Å². The number of carbonyl (C=O) groups is 4. The van der Waals surface area contributed by atoms with E-state index < -0.39 is 17.5 Å². The van der Waals surface area contributed by atoms with Crippen LogP contribution in [-0.4, -0.2) is 53.6 Å². The van der Waals surface area contributed by atoms with E-state index in [0.29, 0.717) is 24.1 Å². The molecule has 9 heteroatoms. The summed E-state index contributed by atoms with van der Waals surface area (Å²) in [7, 11) is 0. The average Bonchev–Trinajstić information content (AvgIpc) is 3.22. The molecule has 1 saturated heterocycles. The van der Waals surface area contributed by atoms with Crippen molar-refractivity contribution in [2.45, 2.75) is 51.1 Å². The number of nitrogens with zero attached hydrogens (tertiary/aromatic N) is 1. The van der Waals surface area contributed by atoms with Crippen molar-refractivity contribution in [3.8, 4) is 0 Å². The number of anilines is 1. The largest absolute Gasteiger partial charge is 0.460 e. The van der Waals surface area contributed by atoms with Crippen molar-refractivity contribution in [3.63, 3.8) is 0 Å². The summed E-state index contributed by atoms with van der Waals surface area (Å²) in [6.07, 6.45) is 3.14. The molecule has 9 nitrogen and oxygen atoms in total. The highest BCUT2D eigenvalue weighted by Gasteiger charge is 2.52. The second kappa shape index (κ2) is 8.50.